The molecule has 1 heterocycles. The molecule has 0 aliphatic heterocycles. The molecule has 154 valence electrons. The molecule has 0 unspecified atom stereocenters. The molecule has 6 rings (SSSR count). The van der Waals surface area contributed by atoms with Gasteiger partial charge in [-0.15, -0.1) is 11.8 Å². The smallest absolute Gasteiger partial charge is 0.252 e. The van der Waals surface area contributed by atoms with Gasteiger partial charge in [0, 0.05) is 17.9 Å². The van der Waals surface area contributed by atoms with Gasteiger partial charge in [0.15, 0.2) is 5.82 Å². The highest BCUT2D eigenvalue weighted by atomic mass is 32.2. The van der Waals surface area contributed by atoms with Crippen molar-refractivity contribution in [3.63, 3.8) is 0 Å². The molecule has 4 aliphatic carbocycles. The third-order valence-corrected chi connectivity index (χ3v) is 8.48. The fraction of sp³-hybridized carbons (Fsp3) is 0.609. The van der Waals surface area contributed by atoms with Crippen LogP contribution in [0.5, 0.6) is 0 Å². The van der Waals surface area contributed by atoms with Crippen LogP contribution in [0, 0.1) is 30.1 Å². The first-order valence-corrected chi connectivity index (χ1v) is 11.8. The summed E-state index contributed by atoms with van der Waals surface area (Å²) in [6, 6.07) is 8.06. The van der Waals surface area contributed by atoms with Gasteiger partial charge in [0.1, 0.15) is 0 Å². The van der Waals surface area contributed by atoms with Gasteiger partial charge in [-0.25, -0.2) is 0 Å². The maximum atomic E-state index is 13.2. The summed E-state index contributed by atoms with van der Waals surface area (Å²) in [6.07, 6.45) is 8.18. The molecule has 5 nitrogen and oxygen atoms in total. The highest BCUT2D eigenvalue weighted by Gasteiger charge is 2.53. The molecule has 6 heteroatoms. The number of amides is 1. The minimum Gasteiger partial charge on any atom is -0.349 e. The summed E-state index contributed by atoms with van der Waals surface area (Å²) >= 11 is 1.58. The SMILES string of the molecule is Cc1nc(CSc2ccccc2C(=O)N[C@H](C)C23CC4CC(CC(C4)C2)C3)no1. The topological polar surface area (TPSA) is 68.0 Å². The van der Waals surface area contributed by atoms with Crippen LogP contribution in [-0.2, 0) is 5.75 Å². The van der Waals surface area contributed by atoms with Crippen LogP contribution in [0.2, 0.25) is 0 Å². The average molecular weight is 412 g/mol. The Morgan fingerprint density at radius 2 is 1.86 bits per heavy atom. The first kappa shape index (κ1) is 19.2. The lowest BCUT2D eigenvalue weighted by Crippen LogP contribution is -2.55. The molecule has 4 bridgehead atoms. The summed E-state index contributed by atoms with van der Waals surface area (Å²) < 4.78 is 5.05. The summed E-state index contributed by atoms with van der Waals surface area (Å²) in [6.45, 7) is 4.03. The predicted molar refractivity (Wildman–Crippen MR) is 113 cm³/mol. The van der Waals surface area contributed by atoms with Crippen molar-refractivity contribution in [1.29, 1.82) is 0 Å². The van der Waals surface area contributed by atoms with Crippen LogP contribution in [0.3, 0.4) is 0 Å². The molecule has 0 spiro atoms. The number of carbonyl (C=O) groups excluding carboxylic acids is 1. The molecule has 4 fully saturated rings. The zero-order valence-electron chi connectivity index (χ0n) is 17.2. The van der Waals surface area contributed by atoms with Gasteiger partial charge in [-0.3, -0.25) is 4.79 Å². The Labute approximate surface area is 176 Å². The molecule has 2 aromatic rings. The summed E-state index contributed by atoms with van der Waals surface area (Å²) in [5, 5.41) is 7.35. The Balaban J connectivity index is 1.28. The molecule has 29 heavy (non-hydrogen) atoms. The number of rotatable bonds is 6. The van der Waals surface area contributed by atoms with Crippen molar-refractivity contribution >= 4 is 17.7 Å². The summed E-state index contributed by atoms with van der Waals surface area (Å²) in [7, 11) is 0. The van der Waals surface area contributed by atoms with E-state index in [1.807, 2.05) is 24.3 Å². The van der Waals surface area contributed by atoms with E-state index in [-0.39, 0.29) is 11.9 Å². The fourth-order valence-corrected chi connectivity index (χ4v) is 7.35. The Morgan fingerprint density at radius 1 is 1.21 bits per heavy atom. The van der Waals surface area contributed by atoms with Crippen LogP contribution in [0.25, 0.3) is 0 Å². The van der Waals surface area contributed by atoms with Crippen LogP contribution in [0.15, 0.2) is 33.7 Å². The summed E-state index contributed by atoms with van der Waals surface area (Å²) in [5.41, 5.74) is 1.06. The van der Waals surface area contributed by atoms with E-state index in [1.54, 1.807) is 18.7 Å². The van der Waals surface area contributed by atoms with E-state index >= 15 is 0 Å². The van der Waals surface area contributed by atoms with Gasteiger partial charge in [-0.2, -0.15) is 4.98 Å². The van der Waals surface area contributed by atoms with Crippen molar-refractivity contribution < 1.29 is 9.32 Å². The third kappa shape index (κ3) is 3.72. The second kappa shape index (κ2) is 7.46. The average Bonchev–Trinajstić information content (AvgIpc) is 3.10. The number of aromatic nitrogens is 2. The van der Waals surface area contributed by atoms with Gasteiger partial charge in [-0.05, 0) is 80.8 Å². The van der Waals surface area contributed by atoms with Crippen LogP contribution in [-0.4, -0.2) is 22.1 Å². The van der Waals surface area contributed by atoms with Gasteiger partial charge < -0.3 is 9.84 Å². The third-order valence-electron chi connectivity index (χ3n) is 7.41. The summed E-state index contributed by atoms with van der Waals surface area (Å²) in [5.74, 6) is 4.53. The van der Waals surface area contributed by atoms with E-state index in [0.717, 1.165) is 28.2 Å². The second-order valence-corrected chi connectivity index (χ2v) is 10.5. The van der Waals surface area contributed by atoms with Crippen molar-refractivity contribution in [1.82, 2.24) is 15.5 Å². The number of hydrogen-bond acceptors (Lipinski definition) is 5. The van der Waals surface area contributed by atoms with Crippen molar-refractivity contribution in [2.75, 3.05) is 0 Å². The maximum Gasteiger partial charge on any atom is 0.252 e. The molecule has 0 radical (unpaired) electrons. The fourth-order valence-electron chi connectivity index (χ4n) is 6.46. The zero-order chi connectivity index (χ0) is 20.0. The number of benzene rings is 1. The monoisotopic (exact) mass is 411 g/mol. The largest absolute Gasteiger partial charge is 0.349 e. The standard InChI is InChI=1S/C23H29N3O2S/c1-14(23-10-16-7-17(11-23)9-18(8-16)12-23)24-22(27)19-5-3-4-6-20(19)29-13-21-25-15(2)28-26-21/h3-6,14,16-18H,7-13H2,1-2H3,(H,24,27)/t14-,16?,17?,18?,23?/m1/s1. The quantitative estimate of drug-likeness (QED) is 0.677. The van der Waals surface area contributed by atoms with Crippen molar-refractivity contribution in [3.8, 4) is 0 Å². The van der Waals surface area contributed by atoms with Gasteiger partial charge in [-0.1, -0.05) is 17.3 Å². The second-order valence-electron chi connectivity index (χ2n) is 9.49. The Bertz CT molecular complexity index is 874. The lowest BCUT2D eigenvalue weighted by atomic mass is 9.48. The Hall–Kier alpha value is -1.82. The summed E-state index contributed by atoms with van der Waals surface area (Å²) in [4.78, 5) is 18.4. The number of carbonyl (C=O) groups is 1. The van der Waals surface area contributed by atoms with E-state index in [9.17, 15) is 4.79 Å². The van der Waals surface area contributed by atoms with E-state index in [1.165, 1.54) is 38.5 Å². The minimum absolute atomic E-state index is 0.0423. The Morgan fingerprint density at radius 3 is 2.48 bits per heavy atom. The van der Waals surface area contributed by atoms with Crippen LogP contribution in [0.1, 0.15) is 67.5 Å². The van der Waals surface area contributed by atoms with Gasteiger partial charge >= 0.3 is 0 Å². The molecule has 1 atom stereocenters. The molecule has 1 aromatic carbocycles. The molecule has 4 aliphatic rings. The predicted octanol–water partition coefficient (Wildman–Crippen LogP) is 5.01. The maximum absolute atomic E-state index is 13.2. The van der Waals surface area contributed by atoms with E-state index in [2.05, 4.69) is 22.4 Å². The molecular formula is C23H29N3O2S. The number of thioether (sulfide) groups is 1. The number of nitrogens with zero attached hydrogens (tertiary/aromatic N) is 2. The van der Waals surface area contributed by atoms with Crippen molar-refractivity contribution in [2.45, 2.75) is 69.1 Å². The zero-order valence-corrected chi connectivity index (χ0v) is 18.0. The molecule has 1 amide bonds. The highest BCUT2D eigenvalue weighted by Crippen LogP contribution is 2.61. The number of nitrogens with one attached hydrogen (secondary N) is 1. The molecular weight excluding hydrogens is 382 g/mol. The number of aryl methyl sites for hydroxylation is 1. The van der Waals surface area contributed by atoms with Gasteiger partial charge in [0.25, 0.3) is 5.91 Å². The van der Waals surface area contributed by atoms with E-state index in [4.69, 9.17) is 4.52 Å². The normalized spacial score (nSPS) is 31.0. The lowest BCUT2D eigenvalue weighted by molar-refractivity contribution is -0.0688. The Kier molecular flexibility index (Phi) is 4.93. The molecule has 4 saturated carbocycles. The van der Waals surface area contributed by atoms with Gasteiger partial charge in [0.05, 0.1) is 11.3 Å². The van der Waals surface area contributed by atoms with E-state index in [0.29, 0.717) is 22.9 Å². The number of hydrogen-bond donors (Lipinski definition) is 1. The highest BCUT2D eigenvalue weighted by molar-refractivity contribution is 7.98. The van der Waals surface area contributed by atoms with Crippen LogP contribution >= 0.6 is 11.8 Å². The molecule has 1 aromatic heterocycles. The first-order chi connectivity index (χ1) is 14.0. The van der Waals surface area contributed by atoms with Crippen molar-refractivity contribution in [3.05, 3.63) is 41.5 Å². The van der Waals surface area contributed by atoms with Crippen LogP contribution in [0.4, 0.5) is 0 Å². The first-order valence-electron chi connectivity index (χ1n) is 10.8. The molecule has 1 N–H and O–H groups in total. The lowest BCUT2D eigenvalue weighted by Gasteiger charge is -2.59. The molecule has 0 saturated heterocycles. The van der Waals surface area contributed by atoms with Crippen LogP contribution < -0.4 is 5.32 Å². The minimum atomic E-state index is 0.0423. The van der Waals surface area contributed by atoms with Crippen molar-refractivity contribution in [2.24, 2.45) is 23.2 Å². The van der Waals surface area contributed by atoms with Gasteiger partial charge in [0.2, 0.25) is 5.89 Å². The van der Waals surface area contributed by atoms with E-state index < -0.39 is 0 Å².